The minimum Gasteiger partial charge on any atom is -1.00 e. The number of piperazine rings is 2. The average Bonchev–Trinajstić information content (AvgIpc) is 1.22. The maximum atomic E-state index is 13.1. The summed E-state index contributed by atoms with van der Waals surface area (Å²) in [6.45, 7) is 18.8. The van der Waals surface area contributed by atoms with Gasteiger partial charge in [0.1, 0.15) is 4.61 Å². The van der Waals surface area contributed by atoms with E-state index in [0.29, 0.717) is 103 Å². The minimum atomic E-state index is -0.253. The SMILES string of the molecule is Cc1ccc(NC(=O)c2ccc(CN3CCN(C)CC3)cc2)cc1Nc1nccc(-c2cccnc2)n1.Cc1ccc(NC(=O)c2ccc(CN3CC[N+](C)(COC(=O)N4CCOCC4)CC3)cc2)cc1Nc1nccc(-c2cccnc2)n1.O=C(OCI)N1CCOCC1.[I-]. The summed E-state index contributed by atoms with van der Waals surface area (Å²) in [5.74, 6) is 0.608. The predicted molar refractivity (Wildman–Crippen MR) is 374 cm³/mol. The highest BCUT2D eigenvalue weighted by atomic mass is 127. The molecule has 4 aliphatic heterocycles. The molecule has 4 aromatic heterocycles. The van der Waals surface area contributed by atoms with Gasteiger partial charge >= 0.3 is 12.2 Å². The largest absolute Gasteiger partial charge is 1.00 e. The molecule has 26 heteroatoms. The molecule has 504 valence electrons. The molecule has 0 unspecified atom stereocenters. The van der Waals surface area contributed by atoms with Gasteiger partial charge in [-0.25, -0.2) is 29.5 Å². The smallest absolute Gasteiger partial charge is 0.414 e. The third-order valence-electron chi connectivity index (χ3n) is 16.7. The van der Waals surface area contributed by atoms with Gasteiger partial charge in [0, 0.05) is 161 Å². The topological polar surface area (TPSA) is 247 Å². The molecule has 0 bridgehead atoms. The number of carbonyl (C=O) groups is 4. The maximum absolute atomic E-state index is 13.1. The molecule has 0 radical (unpaired) electrons. The van der Waals surface area contributed by atoms with Crippen LogP contribution in [-0.2, 0) is 32.0 Å². The summed E-state index contributed by atoms with van der Waals surface area (Å²) in [6, 6.07) is 38.4. The van der Waals surface area contributed by atoms with E-state index in [1.54, 1.807) is 47.0 Å². The zero-order chi connectivity index (χ0) is 66.4. The summed E-state index contributed by atoms with van der Waals surface area (Å²) in [7, 11) is 4.30. The van der Waals surface area contributed by atoms with Gasteiger partial charge in [0.2, 0.25) is 18.6 Å². The van der Waals surface area contributed by atoms with Crippen LogP contribution in [0.25, 0.3) is 22.5 Å². The monoisotopic (exact) mass is 1530 g/mol. The number of rotatable bonds is 17. The molecule has 24 nitrogen and oxygen atoms in total. The molecule has 4 aromatic carbocycles. The summed E-state index contributed by atoms with van der Waals surface area (Å²) in [4.78, 5) is 86.4. The standard InChI is InChI=1S/C35H40N8O4.C29H31N7O.C6H10INO3.HI/c1-26-5-10-30(22-32(26)40-34-37-13-11-31(39-34)29-4-3-12-36-23-29)38-33(44)28-8-6-27(7-9-28)24-41-14-18-43(2,19-15-41)25-47-35(45)42-16-20-46-21-17-42;1-21-5-10-25(18-27(21)34-29-31-13-11-26(33-29)24-4-3-12-30-19-24)32-28(37)23-8-6-22(7-9-23)20-36-16-14-35(2)15-17-36;7-5-11-6(9)8-1-3-10-4-2-8;/h3-13,22-23H,14-21,24-25H2,1-2H3,(H-,37,38,39,40,44);3-13,18-19H,14-17,20H2,1-2H3,(H,32,37)(H,31,33,34);1-5H2;1H. The molecule has 96 heavy (non-hydrogen) atoms. The first-order valence-corrected chi connectivity index (χ1v) is 33.3. The Labute approximate surface area is 591 Å². The normalized spacial score (nSPS) is 15.6. The maximum Gasteiger partial charge on any atom is 0.414 e. The van der Waals surface area contributed by atoms with Crippen molar-refractivity contribution in [3.05, 3.63) is 192 Å². The Morgan fingerprint density at radius 3 is 1.41 bits per heavy atom. The molecule has 0 atom stereocenters. The number of nitrogens with zero attached hydrogens (tertiary/aromatic N) is 12. The number of benzene rings is 4. The quantitative estimate of drug-likeness (QED) is 0.0408. The number of hydrogen-bond donors (Lipinski definition) is 4. The first-order chi connectivity index (χ1) is 46.2. The lowest BCUT2D eigenvalue weighted by Crippen LogP contribution is -3.00. The van der Waals surface area contributed by atoms with E-state index in [1.807, 2.05) is 158 Å². The van der Waals surface area contributed by atoms with E-state index in [1.165, 1.54) is 5.56 Å². The second-order valence-corrected chi connectivity index (χ2v) is 24.4. The number of nitrogens with one attached hydrogen (secondary N) is 4. The van der Waals surface area contributed by atoms with Gasteiger partial charge in [-0.2, -0.15) is 0 Å². The third-order valence-corrected chi connectivity index (χ3v) is 17.0. The van der Waals surface area contributed by atoms with Gasteiger partial charge in [0.05, 0.1) is 58.0 Å². The van der Waals surface area contributed by atoms with Crippen LogP contribution in [0.2, 0.25) is 0 Å². The molecule has 4 amide bonds. The van der Waals surface area contributed by atoms with E-state index < -0.39 is 0 Å². The van der Waals surface area contributed by atoms with Gasteiger partial charge in [0.25, 0.3) is 11.8 Å². The van der Waals surface area contributed by atoms with Crippen LogP contribution in [0.15, 0.2) is 159 Å². The van der Waals surface area contributed by atoms with Crippen LogP contribution in [0.3, 0.4) is 0 Å². The van der Waals surface area contributed by atoms with Crippen LogP contribution in [0, 0.1) is 13.8 Å². The third kappa shape index (κ3) is 21.6. The number of morpholine rings is 2. The molecule has 4 fully saturated rings. The highest BCUT2D eigenvalue weighted by Gasteiger charge is 2.31. The minimum absolute atomic E-state index is 0. The Bertz CT molecular complexity index is 3800. The summed E-state index contributed by atoms with van der Waals surface area (Å²) in [5.41, 5.74) is 11.9. The second-order valence-electron chi connectivity index (χ2n) is 23.8. The van der Waals surface area contributed by atoms with Gasteiger partial charge in [-0.15, -0.1) is 0 Å². The Morgan fingerprint density at radius 1 is 0.542 bits per heavy atom. The van der Waals surface area contributed by atoms with Crippen molar-refractivity contribution < 1.29 is 66.6 Å². The Balaban J connectivity index is 0.000000196. The van der Waals surface area contributed by atoms with E-state index in [-0.39, 0.29) is 48.0 Å². The molecule has 4 aliphatic rings. The van der Waals surface area contributed by atoms with E-state index in [4.69, 9.17) is 18.9 Å². The van der Waals surface area contributed by atoms with E-state index in [9.17, 15) is 19.2 Å². The van der Waals surface area contributed by atoms with Crippen molar-refractivity contribution in [3.63, 3.8) is 0 Å². The first-order valence-electron chi connectivity index (χ1n) is 31.8. The zero-order valence-corrected chi connectivity index (χ0v) is 58.9. The number of anilines is 6. The van der Waals surface area contributed by atoms with Crippen molar-refractivity contribution in [3.8, 4) is 22.5 Å². The number of halogens is 2. The van der Waals surface area contributed by atoms with Crippen molar-refractivity contribution in [1.29, 1.82) is 0 Å². The molecule has 8 aromatic rings. The van der Waals surface area contributed by atoms with Crippen LogP contribution >= 0.6 is 22.6 Å². The van der Waals surface area contributed by atoms with Gasteiger partial charge in [-0.1, -0.05) is 36.4 Å². The zero-order valence-electron chi connectivity index (χ0n) is 54.5. The Kier molecular flexibility index (Phi) is 27.1. The van der Waals surface area contributed by atoms with Crippen molar-refractivity contribution in [2.24, 2.45) is 0 Å². The second kappa shape index (κ2) is 36.1. The molecule has 8 heterocycles. The van der Waals surface area contributed by atoms with Crippen LogP contribution < -0.4 is 45.2 Å². The number of aromatic nitrogens is 6. The van der Waals surface area contributed by atoms with Crippen LogP contribution in [0.1, 0.15) is 43.0 Å². The average molecular weight is 1530 g/mol. The molecule has 4 saturated heterocycles. The van der Waals surface area contributed by atoms with E-state index in [2.05, 4.69) is 80.0 Å². The van der Waals surface area contributed by atoms with Crippen molar-refractivity contribution in [2.45, 2.75) is 26.9 Å². The lowest BCUT2D eigenvalue weighted by atomic mass is 10.1. The fourth-order valence-electron chi connectivity index (χ4n) is 10.8. The molecule has 0 spiro atoms. The fourth-order valence-corrected chi connectivity index (χ4v) is 11.0. The fraction of sp³-hybridized carbons (Fsp3) is 0.343. The first kappa shape index (κ1) is 71.9. The molecule has 4 N–H and O–H groups in total. The Hall–Kier alpha value is -8.36. The lowest BCUT2D eigenvalue weighted by molar-refractivity contribution is -0.929. The summed E-state index contributed by atoms with van der Waals surface area (Å²) < 4.78 is 22.0. The number of hydrogen-bond acceptors (Lipinski definition) is 19. The van der Waals surface area contributed by atoms with Gasteiger partial charge in [0.15, 0.2) is 0 Å². The highest BCUT2D eigenvalue weighted by Crippen LogP contribution is 2.28. The number of alkyl halides is 1. The molecular formula is C70H82I2N16O8. The molecule has 0 aliphatic carbocycles. The molecule has 12 rings (SSSR count). The lowest BCUT2D eigenvalue weighted by Gasteiger charge is -2.41. The highest BCUT2D eigenvalue weighted by molar-refractivity contribution is 14.1. The van der Waals surface area contributed by atoms with Crippen molar-refractivity contribution in [1.82, 2.24) is 54.4 Å². The number of amides is 4. The molecular weight excluding hydrogens is 1450 g/mol. The van der Waals surface area contributed by atoms with Crippen LogP contribution in [0.4, 0.5) is 44.2 Å². The number of carbonyl (C=O) groups excluding carboxylic acids is 4. The summed E-state index contributed by atoms with van der Waals surface area (Å²) in [6.07, 6.45) is 9.92. The van der Waals surface area contributed by atoms with Crippen molar-refractivity contribution in [2.75, 3.05) is 152 Å². The molecule has 0 saturated carbocycles. The van der Waals surface area contributed by atoms with Crippen LogP contribution in [-0.4, -0.2) is 213 Å². The summed E-state index contributed by atoms with van der Waals surface area (Å²) >= 11 is 2.00. The number of likely N-dealkylation sites (N-methyl/N-ethyl adjacent to an activating group) is 2. The van der Waals surface area contributed by atoms with E-state index >= 15 is 0 Å². The number of aryl methyl sites for hydroxylation is 2. The summed E-state index contributed by atoms with van der Waals surface area (Å²) in [5, 5.41) is 12.6. The van der Waals surface area contributed by atoms with Crippen LogP contribution in [0.5, 0.6) is 0 Å². The van der Waals surface area contributed by atoms with Gasteiger partial charge < -0.3 is 78.9 Å². The van der Waals surface area contributed by atoms with Gasteiger partial charge in [-0.3, -0.25) is 33.8 Å². The number of ether oxygens (including phenoxy) is 4. The van der Waals surface area contributed by atoms with Gasteiger partial charge in [-0.05, 0) is 151 Å². The number of pyridine rings is 2. The predicted octanol–water partition coefficient (Wildman–Crippen LogP) is 6.97. The number of quaternary nitrogens is 1. The van der Waals surface area contributed by atoms with Crippen molar-refractivity contribution >= 4 is 81.2 Å². The Morgan fingerprint density at radius 2 is 0.979 bits per heavy atom. The van der Waals surface area contributed by atoms with E-state index in [0.717, 1.165) is 116 Å².